The summed E-state index contributed by atoms with van der Waals surface area (Å²) in [5.74, 6) is 5.25. The summed E-state index contributed by atoms with van der Waals surface area (Å²) in [6.45, 7) is 6.38. The van der Waals surface area contributed by atoms with Crippen LogP contribution >= 0.6 is 11.3 Å². The van der Waals surface area contributed by atoms with Gasteiger partial charge in [0.1, 0.15) is 0 Å². The standard InChI is InChI=1S/C8H13N5S/c1-8(2,3)5-4-13-7(10-5)14-6(11-9)12-13/h4H,9H2,1-3H3,(H,11,12). The lowest BCUT2D eigenvalue weighted by atomic mass is 9.93. The highest BCUT2D eigenvalue weighted by Gasteiger charge is 2.19. The number of imidazole rings is 1. The van der Waals surface area contributed by atoms with E-state index in [0.29, 0.717) is 5.13 Å². The Bertz CT molecular complexity index is 418. The van der Waals surface area contributed by atoms with Gasteiger partial charge in [-0.3, -0.25) is 5.43 Å². The smallest absolute Gasteiger partial charge is 0.219 e. The quantitative estimate of drug-likeness (QED) is 0.552. The first-order valence-corrected chi connectivity index (χ1v) is 5.15. The molecule has 3 N–H and O–H groups in total. The second kappa shape index (κ2) is 2.93. The van der Waals surface area contributed by atoms with E-state index >= 15 is 0 Å². The zero-order chi connectivity index (χ0) is 10.3. The second-order valence-corrected chi connectivity index (χ2v) is 5.11. The molecule has 0 aromatic carbocycles. The summed E-state index contributed by atoms with van der Waals surface area (Å²) in [5, 5.41) is 4.88. The number of aromatic nitrogens is 3. The predicted octanol–water partition coefficient (Wildman–Crippen LogP) is 1.37. The van der Waals surface area contributed by atoms with Crippen molar-refractivity contribution in [2.24, 2.45) is 5.84 Å². The van der Waals surface area contributed by atoms with Crippen molar-refractivity contribution in [2.45, 2.75) is 26.2 Å². The maximum Gasteiger partial charge on any atom is 0.219 e. The second-order valence-electron chi connectivity index (χ2n) is 4.15. The average molecular weight is 211 g/mol. The number of rotatable bonds is 1. The van der Waals surface area contributed by atoms with Crippen molar-refractivity contribution in [1.82, 2.24) is 14.6 Å². The first kappa shape index (κ1) is 9.42. The Kier molecular flexibility index (Phi) is 1.97. The highest BCUT2D eigenvalue weighted by atomic mass is 32.1. The van der Waals surface area contributed by atoms with Gasteiger partial charge in [0.05, 0.1) is 11.9 Å². The third-order valence-corrected chi connectivity index (χ3v) is 2.79. The van der Waals surface area contributed by atoms with E-state index in [1.807, 2.05) is 6.20 Å². The molecular formula is C8H13N5S. The molecule has 0 atom stereocenters. The Hall–Kier alpha value is -1.14. The number of nitrogen functional groups attached to an aromatic ring is 1. The van der Waals surface area contributed by atoms with E-state index in [1.54, 1.807) is 4.52 Å². The average Bonchev–Trinajstić information content (AvgIpc) is 2.56. The summed E-state index contributed by atoms with van der Waals surface area (Å²) in [5.41, 5.74) is 3.61. The molecule has 0 bridgehead atoms. The van der Waals surface area contributed by atoms with Crippen molar-refractivity contribution in [1.29, 1.82) is 0 Å². The van der Waals surface area contributed by atoms with Crippen LogP contribution < -0.4 is 11.3 Å². The van der Waals surface area contributed by atoms with Crippen LogP contribution in [0.2, 0.25) is 0 Å². The summed E-state index contributed by atoms with van der Waals surface area (Å²) in [6.07, 6.45) is 1.94. The third kappa shape index (κ3) is 1.46. The minimum Gasteiger partial charge on any atom is -0.298 e. The summed E-state index contributed by atoms with van der Waals surface area (Å²) >= 11 is 1.44. The molecule has 2 heterocycles. The number of nitrogens with one attached hydrogen (secondary N) is 1. The molecule has 2 aromatic rings. The number of nitrogens with zero attached hydrogens (tertiary/aromatic N) is 3. The number of fused-ring (bicyclic) bond motifs is 1. The van der Waals surface area contributed by atoms with Crippen LogP contribution in [0.25, 0.3) is 4.96 Å². The van der Waals surface area contributed by atoms with Crippen LogP contribution in [0, 0.1) is 0 Å². The van der Waals surface area contributed by atoms with E-state index < -0.39 is 0 Å². The highest BCUT2D eigenvalue weighted by Crippen LogP contribution is 2.24. The number of hydrogen-bond acceptors (Lipinski definition) is 5. The monoisotopic (exact) mass is 211 g/mol. The lowest BCUT2D eigenvalue weighted by molar-refractivity contribution is 0.572. The first-order valence-electron chi connectivity index (χ1n) is 4.34. The van der Waals surface area contributed by atoms with Gasteiger partial charge in [-0.1, -0.05) is 32.1 Å². The van der Waals surface area contributed by atoms with Crippen LogP contribution in [0.5, 0.6) is 0 Å². The molecule has 0 saturated heterocycles. The van der Waals surface area contributed by atoms with Crippen LogP contribution in [0.1, 0.15) is 26.5 Å². The van der Waals surface area contributed by atoms with Crippen molar-refractivity contribution in [2.75, 3.05) is 5.43 Å². The molecule has 2 rings (SSSR count). The summed E-state index contributed by atoms with van der Waals surface area (Å²) in [6, 6.07) is 0. The lowest BCUT2D eigenvalue weighted by Gasteiger charge is -2.13. The molecule has 0 aliphatic rings. The van der Waals surface area contributed by atoms with Crippen LogP contribution in [0.4, 0.5) is 5.13 Å². The van der Waals surface area contributed by atoms with E-state index in [9.17, 15) is 0 Å². The van der Waals surface area contributed by atoms with Gasteiger partial charge >= 0.3 is 0 Å². The van der Waals surface area contributed by atoms with E-state index in [1.165, 1.54) is 11.3 Å². The summed E-state index contributed by atoms with van der Waals surface area (Å²) in [4.78, 5) is 5.34. The molecule has 0 saturated carbocycles. The zero-order valence-electron chi connectivity index (χ0n) is 8.40. The zero-order valence-corrected chi connectivity index (χ0v) is 9.22. The van der Waals surface area contributed by atoms with Gasteiger partial charge in [0.25, 0.3) is 0 Å². The third-order valence-electron chi connectivity index (χ3n) is 1.94. The Morgan fingerprint density at radius 2 is 2.21 bits per heavy atom. The van der Waals surface area contributed by atoms with Crippen LogP contribution in [0.15, 0.2) is 6.20 Å². The van der Waals surface area contributed by atoms with Crippen LogP contribution in [0.3, 0.4) is 0 Å². The van der Waals surface area contributed by atoms with Crippen molar-refractivity contribution >= 4 is 21.4 Å². The molecule has 0 unspecified atom stereocenters. The van der Waals surface area contributed by atoms with Crippen molar-refractivity contribution in [3.8, 4) is 0 Å². The van der Waals surface area contributed by atoms with Gasteiger partial charge in [0.15, 0.2) is 0 Å². The molecule has 14 heavy (non-hydrogen) atoms. The van der Waals surface area contributed by atoms with Gasteiger partial charge in [-0.15, -0.1) is 5.10 Å². The molecule has 5 nitrogen and oxygen atoms in total. The fourth-order valence-electron chi connectivity index (χ4n) is 1.12. The minimum atomic E-state index is 0.0593. The molecule has 6 heteroatoms. The molecule has 2 aromatic heterocycles. The fraction of sp³-hybridized carbons (Fsp3) is 0.500. The van der Waals surface area contributed by atoms with E-state index in [-0.39, 0.29) is 5.41 Å². The van der Waals surface area contributed by atoms with Gasteiger partial charge in [-0.25, -0.2) is 15.3 Å². The van der Waals surface area contributed by atoms with Crippen molar-refractivity contribution in [3.05, 3.63) is 11.9 Å². The Morgan fingerprint density at radius 3 is 2.71 bits per heavy atom. The van der Waals surface area contributed by atoms with Gasteiger partial charge < -0.3 is 0 Å². The van der Waals surface area contributed by atoms with Gasteiger partial charge in [0.2, 0.25) is 10.1 Å². The van der Waals surface area contributed by atoms with E-state index in [0.717, 1.165) is 10.7 Å². The Balaban J connectivity index is 2.49. The van der Waals surface area contributed by atoms with E-state index in [2.05, 4.69) is 36.3 Å². The van der Waals surface area contributed by atoms with Crippen molar-refractivity contribution < 1.29 is 0 Å². The highest BCUT2D eigenvalue weighted by molar-refractivity contribution is 7.20. The number of hydrazine groups is 1. The molecule has 0 aliphatic carbocycles. The maximum absolute atomic E-state index is 5.25. The topological polar surface area (TPSA) is 68.2 Å². The summed E-state index contributed by atoms with van der Waals surface area (Å²) < 4.78 is 1.75. The molecule has 0 aliphatic heterocycles. The molecule has 76 valence electrons. The number of nitrogens with two attached hydrogens (primary N) is 1. The van der Waals surface area contributed by atoms with Crippen molar-refractivity contribution in [3.63, 3.8) is 0 Å². The number of anilines is 1. The van der Waals surface area contributed by atoms with Gasteiger partial charge in [-0.05, 0) is 0 Å². The molecule has 0 spiro atoms. The maximum atomic E-state index is 5.25. The lowest BCUT2D eigenvalue weighted by Crippen LogP contribution is -2.11. The van der Waals surface area contributed by atoms with Crippen LogP contribution in [-0.4, -0.2) is 14.6 Å². The van der Waals surface area contributed by atoms with Gasteiger partial charge in [0, 0.05) is 5.41 Å². The summed E-state index contributed by atoms with van der Waals surface area (Å²) in [7, 11) is 0. The van der Waals surface area contributed by atoms with Crippen LogP contribution in [-0.2, 0) is 5.41 Å². The van der Waals surface area contributed by atoms with Gasteiger partial charge in [-0.2, -0.15) is 0 Å². The Labute approximate surface area is 85.9 Å². The molecular weight excluding hydrogens is 198 g/mol. The largest absolute Gasteiger partial charge is 0.298 e. The first-order chi connectivity index (χ1) is 6.50. The SMILES string of the molecule is CC(C)(C)c1cn2nc(NN)sc2n1. The molecule has 0 radical (unpaired) electrons. The predicted molar refractivity (Wildman–Crippen MR) is 57.4 cm³/mol. The Morgan fingerprint density at radius 1 is 1.50 bits per heavy atom. The molecule has 0 fully saturated rings. The number of hydrogen-bond donors (Lipinski definition) is 2. The minimum absolute atomic E-state index is 0.0593. The molecule has 0 amide bonds. The normalized spacial score (nSPS) is 12.3. The van der Waals surface area contributed by atoms with E-state index in [4.69, 9.17) is 5.84 Å². The fourth-order valence-corrected chi connectivity index (χ4v) is 1.81.